The summed E-state index contributed by atoms with van der Waals surface area (Å²) in [6.07, 6.45) is 0. The van der Waals surface area contributed by atoms with E-state index in [-0.39, 0.29) is 5.91 Å². The van der Waals surface area contributed by atoms with Gasteiger partial charge in [-0.05, 0) is 30.3 Å². The molecule has 0 saturated carbocycles. The van der Waals surface area contributed by atoms with Crippen molar-refractivity contribution in [2.24, 2.45) is 0 Å². The molecule has 0 aliphatic carbocycles. The van der Waals surface area contributed by atoms with E-state index in [9.17, 15) is 4.79 Å². The minimum atomic E-state index is 0.117. The van der Waals surface area contributed by atoms with Crippen LogP contribution in [0.5, 0.6) is 0 Å². The van der Waals surface area contributed by atoms with Crippen molar-refractivity contribution >= 4 is 11.6 Å². The number of carbonyl (C=O) groups is 1. The lowest BCUT2D eigenvalue weighted by Gasteiger charge is -2.36. The SMILES string of the molecule is O=C(c1cc[c]cc1)N1CCN(c2ccccc2)CC1. The van der Waals surface area contributed by atoms with E-state index in [1.165, 1.54) is 5.69 Å². The van der Waals surface area contributed by atoms with Gasteiger partial charge in [0, 0.05) is 37.4 Å². The highest BCUT2D eigenvalue weighted by molar-refractivity contribution is 5.94. The van der Waals surface area contributed by atoms with Crippen molar-refractivity contribution in [2.45, 2.75) is 0 Å². The number of amides is 1. The molecule has 3 heteroatoms. The zero-order valence-corrected chi connectivity index (χ0v) is 11.3. The van der Waals surface area contributed by atoms with Gasteiger partial charge < -0.3 is 9.80 Å². The predicted molar refractivity (Wildman–Crippen MR) is 79.8 cm³/mol. The first kappa shape index (κ1) is 12.7. The standard InChI is InChI=1S/C17H17N2O/c20-17(15-7-3-1-4-8-15)19-13-11-18(12-14-19)16-9-5-2-6-10-16/h2-10H,11-14H2. The summed E-state index contributed by atoms with van der Waals surface area (Å²) in [6, 6.07) is 20.5. The molecule has 1 heterocycles. The van der Waals surface area contributed by atoms with Crippen LogP contribution < -0.4 is 4.90 Å². The topological polar surface area (TPSA) is 23.6 Å². The van der Waals surface area contributed by atoms with E-state index in [1.807, 2.05) is 35.2 Å². The van der Waals surface area contributed by atoms with Crippen LogP contribution in [0.15, 0.2) is 54.6 Å². The molecular weight excluding hydrogens is 248 g/mol. The monoisotopic (exact) mass is 265 g/mol. The number of benzene rings is 2. The average Bonchev–Trinajstić information content (AvgIpc) is 2.56. The van der Waals surface area contributed by atoms with Gasteiger partial charge in [-0.15, -0.1) is 0 Å². The van der Waals surface area contributed by atoms with Crippen molar-refractivity contribution in [1.29, 1.82) is 0 Å². The molecule has 20 heavy (non-hydrogen) atoms. The van der Waals surface area contributed by atoms with Crippen LogP contribution in [0.3, 0.4) is 0 Å². The van der Waals surface area contributed by atoms with Crippen LogP contribution in [0.2, 0.25) is 0 Å². The highest BCUT2D eigenvalue weighted by Crippen LogP contribution is 2.16. The van der Waals surface area contributed by atoms with E-state index in [1.54, 1.807) is 12.1 Å². The summed E-state index contributed by atoms with van der Waals surface area (Å²) in [5.74, 6) is 0.117. The molecule has 0 bridgehead atoms. The van der Waals surface area contributed by atoms with E-state index in [0.717, 1.165) is 31.7 Å². The minimum Gasteiger partial charge on any atom is -0.368 e. The Hall–Kier alpha value is -2.29. The van der Waals surface area contributed by atoms with Gasteiger partial charge in [0.15, 0.2) is 0 Å². The van der Waals surface area contributed by atoms with Crippen LogP contribution in [0.4, 0.5) is 5.69 Å². The molecule has 0 N–H and O–H groups in total. The lowest BCUT2D eigenvalue weighted by molar-refractivity contribution is 0.0747. The average molecular weight is 265 g/mol. The molecule has 1 radical (unpaired) electrons. The van der Waals surface area contributed by atoms with E-state index >= 15 is 0 Å². The first-order valence-electron chi connectivity index (χ1n) is 6.90. The van der Waals surface area contributed by atoms with Crippen LogP contribution >= 0.6 is 0 Å². The predicted octanol–water partition coefficient (Wildman–Crippen LogP) is 2.45. The third kappa shape index (κ3) is 2.67. The molecule has 0 atom stereocenters. The van der Waals surface area contributed by atoms with Crippen molar-refractivity contribution < 1.29 is 4.79 Å². The van der Waals surface area contributed by atoms with Crippen molar-refractivity contribution in [3.8, 4) is 0 Å². The third-order valence-electron chi connectivity index (χ3n) is 3.65. The molecule has 1 aliphatic heterocycles. The Morgan fingerprint density at radius 1 is 0.900 bits per heavy atom. The molecule has 3 rings (SSSR count). The summed E-state index contributed by atoms with van der Waals surface area (Å²) in [5, 5.41) is 0. The molecule has 0 spiro atoms. The molecular formula is C17H17N2O. The molecule has 2 aromatic carbocycles. The molecule has 1 fully saturated rings. The second-order valence-corrected chi connectivity index (χ2v) is 4.90. The smallest absolute Gasteiger partial charge is 0.253 e. The maximum atomic E-state index is 12.3. The summed E-state index contributed by atoms with van der Waals surface area (Å²) < 4.78 is 0. The van der Waals surface area contributed by atoms with Crippen LogP contribution in [-0.2, 0) is 0 Å². The zero-order valence-electron chi connectivity index (χ0n) is 11.3. The molecule has 1 saturated heterocycles. The summed E-state index contributed by atoms with van der Waals surface area (Å²) in [7, 11) is 0. The van der Waals surface area contributed by atoms with E-state index in [0.29, 0.717) is 0 Å². The lowest BCUT2D eigenvalue weighted by atomic mass is 10.1. The van der Waals surface area contributed by atoms with Crippen molar-refractivity contribution in [2.75, 3.05) is 31.1 Å². The molecule has 1 aliphatic rings. The molecule has 2 aromatic rings. The Balaban J connectivity index is 1.63. The van der Waals surface area contributed by atoms with Crippen LogP contribution in [-0.4, -0.2) is 37.0 Å². The lowest BCUT2D eigenvalue weighted by Crippen LogP contribution is -2.48. The Kier molecular flexibility index (Phi) is 3.68. The van der Waals surface area contributed by atoms with Crippen molar-refractivity contribution in [1.82, 2.24) is 4.90 Å². The second kappa shape index (κ2) is 5.78. The molecule has 101 valence electrons. The van der Waals surface area contributed by atoms with Crippen LogP contribution in [0, 0.1) is 6.07 Å². The van der Waals surface area contributed by atoms with Crippen molar-refractivity contribution in [3.63, 3.8) is 0 Å². The Morgan fingerprint density at radius 2 is 1.55 bits per heavy atom. The van der Waals surface area contributed by atoms with Gasteiger partial charge in [0.25, 0.3) is 5.91 Å². The Bertz CT molecular complexity index is 560. The number of nitrogens with zero attached hydrogens (tertiary/aromatic N) is 2. The second-order valence-electron chi connectivity index (χ2n) is 4.90. The van der Waals surface area contributed by atoms with Gasteiger partial charge in [0.2, 0.25) is 0 Å². The number of piperazine rings is 1. The first-order valence-corrected chi connectivity index (χ1v) is 6.90. The van der Waals surface area contributed by atoms with Gasteiger partial charge in [-0.3, -0.25) is 4.79 Å². The summed E-state index contributed by atoms with van der Waals surface area (Å²) in [6.45, 7) is 3.31. The van der Waals surface area contributed by atoms with Gasteiger partial charge in [-0.1, -0.05) is 30.3 Å². The van der Waals surface area contributed by atoms with Crippen molar-refractivity contribution in [3.05, 3.63) is 66.2 Å². The van der Waals surface area contributed by atoms with E-state index in [2.05, 4.69) is 23.1 Å². The van der Waals surface area contributed by atoms with E-state index < -0.39 is 0 Å². The first-order chi connectivity index (χ1) is 9.84. The molecule has 1 amide bonds. The minimum absolute atomic E-state index is 0.117. The van der Waals surface area contributed by atoms with E-state index in [4.69, 9.17) is 0 Å². The Labute approximate surface area is 119 Å². The van der Waals surface area contributed by atoms with Crippen LogP contribution in [0.1, 0.15) is 10.4 Å². The van der Waals surface area contributed by atoms with Crippen LogP contribution in [0.25, 0.3) is 0 Å². The maximum absolute atomic E-state index is 12.3. The highest BCUT2D eigenvalue weighted by Gasteiger charge is 2.21. The number of anilines is 1. The quantitative estimate of drug-likeness (QED) is 0.832. The normalized spacial score (nSPS) is 15.2. The third-order valence-corrected chi connectivity index (χ3v) is 3.65. The fraction of sp³-hybridized carbons (Fsp3) is 0.235. The number of hydrogen-bond acceptors (Lipinski definition) is 2. The van der Waals surface area contributed by atoms with Gasteiger partial charge in [0.05, 0.1) is 0 Å². The fourth-order valence-corrected chi connectivity index (χ4v) is 2.52. The number of hydrogen-bond donors (Lipinski definition) is 0. The summed E-state index contributed by atoms with van der Waals surface area (Å²) >= 11 is 0. The highest BCUT2D eigenvalue weighted by atomic mass is 16.2. The molecule has 0 unspecified atom stereocenters. The van der Waals surface area contributed by atoms with Gasteiger partial charge in [-0.25, -0.2) is 0 Å². The molecule has 3 nitrogen and oxygen atoms in total. The zero-order chi connectivity index (χ0) is 13.8. The molecule has 0 aromatic heterocycles. The Morgan fingerprint density at radius 3 is 2.20 bits per heavy atom. The summed E-state index contributed by atoms with van der Waals surface area (Å²) in [4.78, 5) is 16.6. The fourth-order valence-electron chi connectivity index (χ4n) is 2.52. The van der Waals surface area contributed by atoms with Gasteiger partial charge in [0.1, 0.15) is 0 Å². The number of para-hydroxylation sites is 1. The van der Waals surface area contributed by atoms with Gasteiger partial charge >= 0.3 is 0 Å². The number of rotatable bonds is 2. The van der Waals surface area contributed by atoms with Gasteiger partial charge in [-0.2, -0.15) is 0 Å². The largest absolute Gasteiger partial charge is 0.368 e. The maximum Gasteiger partial charge on any atom is 0.253 e. The number of carbonyl (C=O) groups excluding carboxylic acids is 1. The summed E-state index contributed by atoms with van der Waals surface area (Å²) in [5.41, 5.74) is 1.98.